The van der Waals surface area contributed by atoms with E-state index in [2.05, 4.69) is 9.98 Å². The molecular formula is C22H18N2O3. The Morgan fingerprint density at radius 2 is 1.89 bits per heavy atom. The minimum Gasteiger partial charge on any atom is -0.504 e. The molecule has 0 fully saturated rings. The van der Waals surface area contributed by atoms with Crippen LogP contribution in [0.25, 0.3) is 22.6 Å². The van der Waals surface area contributed by atoms with Crippen LogP contribution in [0.4, 0.5) is 5.69 Å². The number of oxazole rings is 1. The molecule has 3 aromatic carbocycles. The first-order valence-corrected chi connectivity index (χ1v) is 8.52. The first-order chi connectivity index (χ1) is 13.1. The fraction of sp³-hybridized carbons (Fsp3) is 0.0909. The Hall–Kier alpha value is -3.60. The Labute approximate surface area is 156 Å². The highest BCUT2D eigenvalue weighted by atomic mass is 16.5. The van der Waals surface area contributed by atoms with Crippen LogP contribution in [0.5, 0.6) is 11.5 Å². The third-order valence-corrected chi connectivity index (χ3v) is 4.27. The fourth-order valence-corrected chi connectivity index (χ4v) is 2.77. The first-order valence-electron chi connectivity index (χ1n) is 8.52. The summed E-state index contributed by atoms with van der Waals surface area (Å²) < 4.78 is 11.0. The highest BCUT2D eigenvalue weighted by Gasteiger charge is 2.09. The molecule has 0 radical (unpaired) electrons. The zero-order chi connectivity index (χ0) is 18.8. The van der Waals surface area contributed by atoms with E-state index in [9.17, 15) is 5.11 Å². The number of benzene rings is 3. The first kappa shape index (κ1) is 16.8. The van der Waals surface area contributed by atoms with Gasteiger partial charge in [0.15, 0.2) is 17.1 Å². The van der Waals surface area contributed by atoms with Crippen molar-refractivity contribution in [2.24, 2.45) is 4.99 Å². The van der Waals surface area contributed by atoms with Crippen molar-refractivity contribution in [3.05, 3.63) is 71.8 Å². The Balaban J connectivity index is 1.65. The second-order valence-electron chi connectivity index (χ2n) is 6.19. The fourth-order valence-electron chi connectivity index (χ4n) is 2.77. The summed E-state index contributed by atoms with van der Waals surface area (Å²) >= 11 is 0. The summed E-state index contributed by atoms with van der Waals surface area (Å²) in [4.78, 5) is 9.00. The lowest BCUT2D eigenvalue weighted by atomic mass is 10.1. The summed E-state index contributed by atoms with van der Waals surface area (Å²) in [6.45, 7) is 2.04. The zero-order valence-electron chi connectivity index (χ0n) is 15.0. The van der Waals surface area contributed by atoms with Crippen LogP contribution in [0.15, 0.2) is 70.1 Å². The molecule has 134 valence electrons. The van der Waals surface area contributed by atoms with Crippen LogP contribution in [0.3, 0.4) is 0 Å². The van der Waals surface area contributed by atoms with Gasteiger partial charge in [-0.05, 0) is 49.4 Å². The number of aromatic nitrogens is 1. The van der Waals surface area contributed by atoms with E-state index in [-0.39, 0.29) is 5.75 Å². The molecule has 0 spiro atoms. The predicted molar refractivity (Wildman–Crippen MR) is 106 cm³/mol. The molecule has 4 rings (SSSR count). The molecule has 0 saturated heterocycles. The molecule has 27 heavy (non-hydrogen) atoms. The summed E-state index contributed by atoms with van der Waals surface area (Å²) in [6, 6.07) is 18.8. The topological polar surface area (TPSA) is 67.9 Å². The molecule has 5 nitrogen and oxygen atoms in total. The maximum absolute atomic E-state index is 10.1. The number of hydrogen-bond donors (Lipinski definition) is 1. The van der Waals surface area contributed by atoms with Crippen molar-refractivity contribution in [3.8, 4) is 23.0 Å². The number of phenolic OH excluding ortho intramolecular Hbond substituents is 1. The molecule has 0 bridgehead atoms. The van der Waals surface area contributed by atoms with Crippen LogP contribution in [0.1, 0.15) is 11.1 Å². The second kappa shape index (κ2) is 6.96. The minimum atomic E-state index is 0.0629. The van der Waals surface area contributed by atoms with Gasteiger partial charge in [-0.25, -0.2) is 4.98 Å². The summed E-state index contributed by atoms with van der Waals surface area (Å²) in [5.41, 5.74) is 4.85. The number of aliphatic imine (C=N–C) groups is 1. The van der Waals surface area contributed by atoms with Crippen molar-refractivity contribution in [2.45, 2.75) is 6.92 Å². The lowest BCUT2D eigenvalue weighted by Gasteiger charge is -2.04. The average Bonchev–Trinajstić information content (AvgIpc) is 3.11. The van der Waals surface area contributed by atoms with E-state index in [1.165, 1.54) is 12.7 Å². The molecule has 0 atom stereocenters. The number of fused-ring (bicyclic) bond motifs is 1. The number of ether oxygens (including phenoxy) is 1. The average molecular weight is 358 g/mol. The molecule has 0 aliphatic heterocycles. The van der Waals surface area contributed by atoms with Crippen molar-refractivity contribution in [1.82, 2.24) is 4.98 Å². The Morgan fingerprint density at radius 3 is 2.67 bits per heavy atom. The van der Waals surface area contributed by atoms with Crippen molar-refractivity contribution >= 4 is 23.0 Å². The van der Waals surface area contributed by atoms with Gasteiger partial charge in [-0.1, -0.05) is 23.8 Å². The van der Waals surface area contributed by atoms with Crippen molar-refractivity contribution in [1.29, 1.82) is 0 Å². The third kappa shape index (κ3) is 3.40. The van der Waals surface area contributed by atoms with Gasteiger partial charge in [-0.15, -0.1) is 0 Å². The molecule has 0 aliphatic rings. The maximum Gasteiger partial charge on any atom is 0.227 e. The van der Waals surface area contributed by atoms with Crippen LogP contribution < -0.4 is 4.74 Å². The summed E-state index contributed by atoms with van der Waals surface area (Å²) in [7, 11) is 1.51. The molecule has 0 saturated carbocycles. The molecule has 0 unspecified atom stereocenters. The van der Waals surface area contributed by atoms with Crippen molar-refractivity contribution < 1.29 is 14.3 Å². The molecular weight excluding hydrogens is 340 g/mol. The van der Waals surface area contributed by atoms with E-state index >= 15 is 0 Å². The van der Waals surface area contributed by atoms with Crippen LogP contribution in [0, 0.1) is 6.92 Å². The van der Waals surface area contributed by atoms with Gasteiger partial charge in [-0.2, -0.15) is 0 Å². The Morgan fingerprint density at radius 1 is 1.07 bits per heavy atom. The SMILES string of the molecule is COc1cccc(C=Nc2ccc3oc(-c4ccc(C)cc4)nc3c2)c1O. The number of methoxy groups -OCH3 is 1. The van der Waals surface area contributed by atoms with E-state index < -0.39 is 0 Å². The van der Waals surface area contributed by atoms with Gasteiger partial charge in [-0.3, -0.25) is 4.99 Å². The van der Waals surface area contributed by atoms with E-state index in [4.69, 9.17) is 9.15 Å². The summed E-state index contributed by atoms with van der Waals surface area (Å²) in [5, 5.41) is 10.1. The van der Waals surface area contributed by atoms with Crippen LogP contribution in [-0.4, -0.2) is 23.4 Å². The lowest BCUT2D eigenvalue weighted by Crippen LogP contribution is -1.88. The Bertz CT molecular complexity index is 1130. The molecule has 1 N–H and O–H groups in total. The minimum absolute atomic E-state index is 0.0629. The van der Waals surface area contributed by atoms with Gasteiger partial charge in [0.25, 0.3) is 0 Å². The van der Waals surface area contributed by atoms with Crippen molar-refractivity contribution in [2.75, 3.05) is 7.11 Å². The van der Waals surface area contributed by atoms with Gasteiger partial charge in [0.1, 0.15) is 5.52 Å². The van der Waals surface area contributed by atoms with Crippen LogP contribution in [0.2, 0.25) is 0 Å². The molecule has 1 heterocycles. The number of aryl methyl sites for hydroxylation is 1. The molecule has 0 aliphatic carbocycles. The third-order valence-electron chi connectivity index (χ3n) is 4.27. The van der Waals surface area contributed by atoms with E-state index in [1.54, 1.807) is 24.4 Å². The van der Waals surface area contributed by atoms with E-state index in [0.717, 1.165) is 11.1 Å². The lowest BCUT2D eigenvalue weighted by molar-refractivity contribution is 0.373. The number of rotatable bonds is 4. The normalized spacial score (nSPS) is 11.3. The number of hydrogen-bond acceptors (Lipinski definition) is 5. The van der Waals surface area contributed by atoms with Gasteiger partial charge < -0.3 is 14.3 Å². The maximum atomic E-state index is 10.1. The highest BCUT2D eigenvalue weighted by molar-refractivity contribution is 5.88. The van der Waals surface area contributed by atoms with Crippen LogP contribution >= 0.6 is 0 Å². The molecule has 5 heteroatoms. The number of phenols is 1. The number of aromatic hydroxyl groups is 1. The van der Waals surface area contributed by atoms with Gasteiger partial charge in [0, 0.05) is 17.3 Å². The standard InChI is InChI=1S/C22H18N2O3/c1-14-6-8-15(9-7-14)22-24-18-12-17(10-11-19(18)27-22)23-13-16-4-3-5-20(26-2)21(16)25/h3-13,25H,1-2H3. The molecule has 1 aromatic heterocycles. The molecule has 0 amide bonds. The second-order valence-corrected chi connectivity index (χ2v) is 6.19. The smallest absolute Gasteiger partial charge is 0.227 e. The zero-order valence-corrected chi connectivity index (χ0v) is 15.0. The van der Waals surface area contributed by atoms with Gasteiger partial charge in [0.2, 0.25) is 5.89 Å². The largest absolute Gasteiger partial charge is 0.504 e. The summed E-state index contributed by atoms with van der Waals surface area (Å²) in [6.07, 6.45) is 1.60. The monoisotopic (exact) mass is 358 g/mol. The van der Waals surface area contributed by atoms with Crippen molar-refractivity contribution in [3.63, 3.8) is 0 Å². The number of para-hydroxylation sites is 1. The predicted octanol–water partition coefficient (Wildman–Crippen LogP) is 5.27. The van der Waals surface area contributed by atoms with E-state index in [1.807, 2.05) is 49.4 Å². The quantitative estimate of drug-likeness (QED) is 0.505. The Kier molecular flexibility index (Phi) is 4.34. The van der Waals surface area contributed by atoms with E-state index in [0.29, 0.717) is 28.5 Å². The highest BCUT2D eigenvalue weighted by Crippen LogP contribution is 2.30. The number of nitrogens with zero attached hydrogens (tertiary/aromatic N) is 2. The van der Waals surface area contributed by atoms with Crippen LogP contribution in [-0.2, 0) is 0 Å². The van der Waals surface area contributed by atoms with Gasteiger partial charge in [0.05, 0.1) is 12.8 Å². The van der Waals surface area contributed by atoms with Gasteiger partial charge >= 0.3 is 0 Å². The summed E-state index contributed by atoms with van der Waals surface area (Å²) in [5.74, 6) is 1.05. The molecule has 4 aromatic rings.